The molecule has 0 aliphatic carbocycles. The van der Waals surface area contributed by atoms with Crippen LogP contribution in [0.4, 0.5) is 0 Å². The van der Waals surface area contributed by atoms with Gasteiger partial charge >= 0.3 is 7.12 Å². The summed E-state index contributed by atoms with van der Waals surface area (Å²) in [5.74, 6) is 0.500. The van der Waals surface area contributed by atoms with E-state index in [1.807, 2.05) is 0 Å². The summed E-state index contributed by atoms with van der Waals surface area (Å²) < 4.78 is 17.4. The van der Waals surface area contributed by atoms with Crippen LogP contribution in [0.15, 0.2) is 0 Å². The van der Waals surface area contributed by atoms with Crippen molar-refractivity contribution in [1.29, 1.82) is 0 Å². The Morgan fingerprint density at radius 1 is 0.933 bits per heavy atom. The minimum atomic E-state index is -0.198. The Morgan fingerprint density at radius 2 is 1.40 bits per heavy atom. The molecule has 2 aliphatic heterocycles. The quantitative estimate of drug-likeness (QED) is 0.624. The number of hydrogen-bond acceptors (Lipinski definition) is 3. The molecule has 0 atom stereocenters. The molecule has 0 saturated carbocycles. The zero-order valence-corrected chi connectivity index (χ0v) is 10.2. The van der Waals surface area contributed by atoms with Gasteiger partial charge in [-0.05, 0) is 46.4 Å². The Kier molecular flexibility index (Phi) is 2.86. The topological polar surface area (TPSA) is 27.7 Å². The fourth-order valence-electron chi connectivity index (χ4n) is 2.07. The molecule has 0 unspecified atom stereocenters. The Hall–Kier alpha value is -0.0551. The van der Waals surface area contributed by atoms with Crippen molar-refractivity contribution in [3.8, 4) is 0 Å². The van der Waals surface area contributed by atoms with Crippen LogP contribution < -0.4 is 0 Å². The van der Waals surface area contributed by atoms with E-state index in [0.29, 0.717) is 5.82 Å². The molecular formula is C11H21BO3. The highest BCUT2D eigenvalue weighted by atomic mass is 16.7. The first-order chi connectivity index (χ1) is 6.92. The molecule has 86 valence electrons. The lowest BCUT2D eigenvalue weighted by Gasteiger charge is -2.32. The molecule has 0 aromatic carbocycles. The van der Waals surface area contributed by atoms with Crippen molar-refractivity contribution in [2.45, 2.75) is 57.6 Å². The second-order valence-electron chi connectivity index (χ2n) is 5.57. The summed E-state index contributed by atoms with van der Waals surface area (Å²) in [6.07, 6.45) is 2.10. The molecule has 0 amide bonds. The lowest BCUT2D eigenvalue weighted by Crippen LogP contribution is -2.41. The van der Waals surface area contributed by atoms with E-state index >= 15 is 0 Å². The maximum Gasteiger partial charge on any atom is 0.461 e. The lowest BCUT2D eigenvalue weighted by atomic mass is 9.68. The average Bonchev–Trinajstić information content (AvgIpc) is 2.38. The summed E-state index contributed by atoms with van der Waals surface area (Å²) in [4.78, 5) is 0. The van der Waals surface area contributed by atoms with E-state index in [1.165, 1.54) is 0 Å². The first-order valence-corrected chi connectivity index (χ1v) is 5.86. The molecule has 2 saturated heterocycles. The molecule has 3 nitrogen and oxygen atoms in total. The minimum Gasteiger partial charge on any atom is -0.403 e. The van der Waals surface area contributed by atoms with Gasteiger partial charge in [-0.15, -0.1) is 0 Å². The highest BCUT2D eigenvalue weighted by molar-refractivity contribution is 6.47. The Balaban J connectivity index is 2.02. The third kappa shape index (κ3) is 2.08. The van der Waals surface area contributed by atoms with E-state index in [9.17, 15) is 0 Å². The van der Waals surface area contributed by atoms with Crippen molar-refractivity contribution in [3.05, 3.63) is 0 Å². The Labute approximate surface area is 92.6 Å². The predicted octanol–water partition coefficient (Wildman–Crippen LogP) is 2.26. The van der Waals surface area contributed by atoms with E-state index in [4.69, 9.17) is 14.0 Å². The van der Waals surface area contributed by atoms with Crippen molar-refractivity contribution in [2.75, 3.05) is 13.2 Å². The van der Waals surface area contributed by atoms with Gasteiger partial charge in [-0.3, -0.25) is 0 Å². The molecule has 2 aliphatic rings. The van der Waals surface area contributed by atoms with E-state index in [0.717, 1.165) is 26.1 Å². The van der Waals surface area contributed by atoms with Gasteiger partial charge in [0.1, 0.15) is 0 Å². The average molecular weight is 212 g/mol. The van der Waals surface area contributed by atoms with Crippen LogP contribution >= 0.6 is 0 Å². The van der Waals surface area contributed by atoms with Gasteiger partial charge in [0.25, 0.3) is 0 Å². The standard InChI is InChI=1S/C11H21BO3/c1-10(2)11(3,4)15-12(14-10)9-5-7-13-8-6-9/h9H,5-8H2,1-4H3. The molecule has 0 spiro atoms. The second kappa shape index (κ2) is 3.76. The normalized spacial score (nSPS) is 30.8. The minimum absolute atomic E-state index is 0.0427. The number of rotatable bonds is 1. The summed E-state index contributed by atoms with van der Waals surface area (Å²) in [5.41, 5.74) is -0.397. The summed E-state index contributed by atoms with van der Waals surface area (Å²) in [6, 6.07) is 0. The van der Waals surface area contributed by atoms with Gasteiger partial charge in [-0.2, -0.15) is 0 Å². The molecule has 0 N–H and O–H groups in total. The molecule has 0 aromatic rings. The zero-order chi connectivity index (χ0) is 11.1. The highest BCUT2D eigenvalue weighted by Crippen LogP contribution is 2.42. The van der Waals surface area contributed by atoms with Gasteiger partial charge in [-0.25, -0.2) is 0 Å². The maximum absolute atomic E-state index is 6.03. The molecule has 0 bridgehead atoms. The van der Waals surface area contributed by atoms with Gasteiger partial charge < -0.3 is 14.0 Å². The van der Waals surface area contributed by atoms with Crippen LogP contribution in [0.2, 0.25) is 5.82 Å². The van der Waals surface area contributed by atoms with Crippen molar-refractivity contribution >= 4 is 7.12 Å². The molecule has 2 heterocycles. The Morgan fingerprint density at radius 3 is 1.87 bits per heavy atom. The van der Waals surface area contributed by atoms with Gasteiger partial charge in [-0.1, -0.05) is 0 Å². The summed E-state index contributed by atoms with van der Waals surface area (Å²) in [7, 11) is -0.0427. The fraction of sp³-hybridized carbons (Fsp3) is 1.00. The second-order valence-corrected chi connectivity index (χ2v) is 5.57. The molecule has 2 fully saturated rings. The smallest absolute Gasteiger partial charge is 0.403 e. The lowest BCUT2D eigenvalue weighted by molar-refractivity contribution is 0.00578. The molecular weight excluding hydrogens is 191 g/mol. The molecule has 4 heteroatoms. The van der Waals surface area contributed by atoms with Crippen LogP contribution in [0.5, 0.6) is 0 Å². The van der Waals surface area contributed by atoms with Crippen LogP contribution in [0.1, 0.15) is 40.5 Å². The van der Waals surface area contributed by atoms with E-state index in [1.54, 1.807) is 0 Å². The third-order valence-electron chi connectivity index (χ3n) is 3.92. The van der Waals surface area contributed by atoms with Gasteiger partial charge in [0, 0.05) is 13.2 Å². The number of ether oxygens (including phenoxy) is 1. The maximum atomic E-state index is 6.03. The Bertz CT molecular complexity index is 218. The summed E-state index contributed by atoms with van der Waals surface area (Å²) in [5, 5.41) is 0. The van der Waals surface area contributed by atoms with Crippen LogP contribution in [0, 0.1) is 0 Å². The van der Waals surface area contributed by atoms with Crippen molar-refractivity contribution < 1.29 is 14.0 Å². The van der Waals surface area contributed by atoms with Crippen LogP contribution in [0.25, 0.3) is 0 Å². The fourth-order valence-corrected chi connectivity index (χ4v) is 2.07. The zero-order valence-electron chi connectivity index (χ0n) is 10.2. The monoisotopic (exact) mass is 212 g/mol. The summed E-state index contributed by atoms with van der Waals surface area (Å²) >= 11 is 0. The van der Waals surface area contributed by atoms with Crippen LogP contribution in [0.3, 0.4) is 0 Å². The summed E-state index contributed by atoms with van der Waals surface area (Å²) in [6.45, 7) is 10.1. The van der Waals surface area contributed by atoms with Crippen molar-refractivity contribution in [1.82, 2.24) is 0 Å². The van der Waals surface area contributed by atoms with Gasteiger partial charge in [0.05, 0.1) is 11.2 Å². The largest absolute Gasteiger partial charge is 0.461 e. The SMILES string of the molecule is CC1(C)OB(C2CCOCC2)OC1(C)C. The van der Waals surface area contributed by atoms with E-state index in [2.05, 4.69) is 27.7 Å². The van der Waals surface area contributed by atoms with E-state index in [-0.39, 0.29) is 18.3 Å². The van der Waals surface area contributed by atoms with E-state index < -0.39 is 0 Å². The van der Waals surface area contributed by atoms with Crippen LogP contribution in [-0.4, -0.2) is 31.5 Å². The third-order valence-corrected chi connectivity index (χ3v) is 3.92. The molecule has 15 heavy (non-hydrogen) atoms. The van der Waals surface area contributed by atoms with Crippen molar-refractivity contribution in [3.63, 3.8) is 0 Å². The molecule has 0 aromatic heterocycles. The first kappa shape index (κ1) is 11.4. The highest BCUT2D eigenvalue weighted by Gasteiger charge is 2.53. The first-order valence-electron chi connectivity index (χ1n) is 5.86. The van der Waals surface area contributed by atoms with Gasteiger partial charge in [0.2, 0.25) is 0 Å². The van der Waals surface area contributed by atoms with Crippen LogP contribution in [-0.2, 0) is 14.0 Å². The van der Waals surface area contributed by atoms with Gasteiger partial charge in [0.15, 0.2) is 0 Å². The predicted molar refractivity (Wildman–Crippen MR) is 59.9 cm³/mol. The van der Waals surface area contributed by atoms with Crippen molar-refractivity contribution in [2.24, 2.45) is 0 Å². The molecule has 2 rings (SSSR count). The molecule has 0 radical (unpaired) electrons. The number of hydrogen-bond donors (Lipinski definition) is 0.